The predicted octanol–water partition coefficient (Wildman–Crippen LogP) is 1.08. The lowest BCUT2D eigenvalue weighted by molar-refractivity contribution is -0.138. The van der Waals surface area contributed by atoms with Gasteiger partial charge in [-0.1, -0.05) is 19.3 Å². The van der Waals surface area contributed by atoms with Gasteiger partial charge in [-0.2, -0.15) is 13.2 Å². The average molecular weight is 309 g/mol. The van der Waals surface area contributed by atoms with E-state index in [1.54, 1.807) is 5.32 Å². The summed E-state index contributed by atoms with van der Waals surface area (Å²) >= 11 is 0. The molecule has 1 aliphatic carbocycles. The number of nitrogens with one attached hydrogen (secondary N) is 2. The topological polar surface area (TPSA) is 84.2 Å². The van der Waals surface area contributed by atoms with Crippen molar-refractivity contribution < 1.29 is 22.8 Å². The Morgan fingerprint density at radius 2 is 1.67 bits per heavy atom. The smallest absolute Gasteiger partial charge is 0.347 e. The van der Waals surface area contributed by atoms with E-state index in [9.17, 15) is 22.8 Å². The molecule has 21 heavy (non-hydrogen) atoms. The van der Waals surface area contributed by atoms with Gasteiger partial charge < -0.3 is 16.4 Å². The van der Waals surface area contributed by atoms with Crippen LogP contribution in [-0.2, 0) is 9.59 Å². The molecule has 0 aromatic carbocycles. The molecule has 4 N–H and O–H groups in total. The van der Waals surface area contributed by atoms with Crippen molar-refractivity contribution in [1.29, 1.82) is 0 Å². The quantitative estimate of drug-likeness (QED) is 0.686. The van der Waals surface area contributed by atoms with E-state index in [1.165, 1.54) is 0 Å². The van der Waals surface area contributed by atoms with Crippen LogP contribution in [0.1, 0.15) is 38.5 Å². The monoisotopic (exact) mass is 309 g/mol. The number of halogens is 3. The molecule has 1 aliphatic rings. The summed E-state index contributed by atoms with van der Waals surface area (Å²) in [6, 6.07) is 0. The first-order valence-corrected chi connectivity index (χ1v) is 7.07. The molecule has 0 aromatic rings. The maximum absolute atomic E-state index is 11.9. The third-order valence-electron chi connectivity index (χ3n) is 3.81. The molecule has 0 saturated heterocycles. The fraction of sp³-hybridized carbons (Fsp3) is 0.846. The molecule has 1 saturated carbocycles. The summed E-state index contributed by atoms with van der Waals surface area (Å²) in [4.78, 5) is 23.0. The molecule has 0 heterocycles. The van der Waals surface area contributed by atoms with E-state index >= 15 is 0 Å². The van der Waals surface area contributed by atoms with E-state index in [0.29, 0.717) is 6.54 Å². The molecule has 0 aromatic heterocycles. The number of alkyl halides is 3. The summed E-state index contributed by atoms with van der Waals surface area (Å²) in [7, 11) is 0. The number of carbonyl (C=O) groups is 2. The Morgan fingerprint density at radius 3 is 2.19 bits per heavy atom. The van der Waals surface area contributed by atoms with Gasteiger partial charge >= 0.3 is 6.18 Å². The Labute approximate surface area is 121 Å². The SMILES string of the molecule is NCC1(CC(=O)NCC(=O)NCC(F)(F)F)CCCCC1. The molecular formula is C13H22F3N3O2. The van der Waals surface area contributed by atoms with Gasteiger partial charge in [-0.3, -0.25) is 9.59 Å². The normalized spacial score (nSPS) is 18.1. The van der Waals surface area contributed by atoms with Crippen LogP contribution in [0, 0.1) is 5.41 Å². The average Bonchev–Trinajstić information content (AvgIpc) is 2.43. The van der Waals surface area contributed by atoms with Crippen LogP contribution in [0.15, 0.2) is 0 Å². The third kappa shape index (κ3) is 6.79. The van der Waals surface area contributed by atoms with Crippen LogP contribution in [0.3, 0.4) is 0 Å². The van der Waals surface area contributed by atoms with Gasteiger partial charge in [-0.15, -0.1) is 0 Å². The van der Waals surface area contributed by atoms with E-state index < -0.39 is 25.2 Å². The van der Waals surface area contributed by atoms with Gasteiger partial charge in [0.05, 0.1) is 6.54 Å². The van der Waals surface area contributed by atoms with Crippen molar-refractivity contribution in [2.24, 2.45) is 11.1 Å². The Hall–Kier alpha value is -1.31. The van der Waals surface area contributed by atoms with E-state index in [0.717, 1.165) is 32.1 Å². The van der Waals surface area contributed by atoms with Crippen molar-refractivity contribution in [3.05, 3.63) is 0 Å². The van der Waals surface area contributed by atoms with Crippen LogP contribution in [-0.4, -0.2) is 37.6 Å². The van der Waals surface area contributed by atoms with Gasteiger partial charge in [0.2, 0.25) is 11.8 Å². The van der Waals surface area contributed by atoms with Gasteiger partial charge in [-0.05, 0) is 24.8 Å². The number of rotatable bonds is 6. The van der Waals surface area contributed by atoms with E-state index in [4.69, 9.17) is 5.73 Å². The van der Waals surface area contributed by atoms with Crippen LogP contribution >= 0.6 is 0 Å². The van der Waals surface area contributed by atoms with E-state index in [1.807, 2.05) is 0 Å². The maximum atomic E-state index is 11.9. The minimum atomic E-state index is -4.45. The molecule has 8 heteroatoms. The Bertz CT molecular complexity index is 366. The molecule has 0 unspecified atom stereocenters. The number of nitrogens with two attached hydrogens (primary N) is 1. The van der Waals surface area contributed by atoms with Gasteiger partial charge in [0, 0.05) is 6.42 Å². The van der Waals surface area contributed by atoms with Crippen LogP contribution < -0.4 is 16.4 Å². The summed E-state index contributed by atoms with van der Waals surface area (Å²) in [5.74, 6) is -1.20. The second-order valence-electron chi connectivity index (χ2n) is 5.61. The molecule has 0 atom stereocenters. The van der Waals surface area contributed by atoms with Gasteiger partial charge in [-0.25, -0.2) is 0 Å². The van der Waals surface area contributed by atoms with Gasteiger partial charge in [0.15, 0.2) is 0 Å². The highest BCUT2D eigenvalue weighted by Crippen LogP contribution is 2.38. The maximum Gasteiger partial charge on any atom is 0.405 e. The van der Waals surface area contributed by atoms with E-state index in [-0.39, 0.29) is 17.7 Å². The lowest BCUT2D eigenvalue weighted by atomic mass is 9.71. The zero-order chi connectivity index (χ0) is 15.9. The molecule has 2 amide bonds. The highest BCUT2D eigenvalue weighted by atomic mass is 19.4. The molecule has 1 rings (SSSR count). The number of hydrogen-bond donors (Lipinski definition) is 3. The Morgan fingerprint density at radius 1 is 1.05 bits per heavy atom. The lowest BCUT2D eigenvalue weighted by Gasteiger charge is -2.35. The number of hydrogen-bond acceptors (Lipinski definition) is 3. The van der Waals surface area contributed by atoms with E-state index in [2.05, 4.69) is 5.32 Å². The summed E-state index contributed by atoms with van der Waals surface area (Å²) in [6.45, 7) is -1.44. The van der Waals surface area contributed by atoms with Crippen molar-refractivity contribution in [2.75, 3.05) is 19.6 Å². The number of amides is 2. The molecule has 0 radical (unpaired) electrons. The van der Waals surface area contributed by atoms with Crippen molar-refractivity contribution >= 4 is 11.8 Å². The van der Waals surface area contributed by atoms with Crippen LogP contribution in [0.25, 0.3) is 0 Å². The molecule has 1 fully saturated rings. The van der Waals surface area contributed by atoms with Crippen LogP contribution in [0.5, 0.6) is 0 Å². The number of carbonyl (C=O) groups excluding carboxylic acids is 2. The second-order valence-corrected chi connectivity index (χ2v) is 5.61. The third-order valence-corrected chi connectivity index (χ3v) is 3.81. The molecule has 5 nitrogen and oxygen atoms in total. The van der Waals surface area contributed by atoms with Crippen molar-refractivity contribution in [3.63, 3.8) is 0 Å². The first kappa shape index (κ1) is 17.7. The molecular weight excluding hydrogens is 287 g/mol. The lowest BCUT2D eigenvalue weighted by Crippen LogP contribution is -2.43. The standard InChI is InChI=1S/C13H22F3N3O2/c14-13(15,16)9-19-11(21)7-18-10(20)6-12(8-17)4-2-1-3-5-12/h1-9,17H2,(H,18,20)(H,19,21). The second kappa shape index (κ2) is 7.63. The minimum Gasteiger partial charge on any atom is -0.347 e. The van der Waals surface area contributed by atoms with Crippen molar-refractivity contribution in [3.8, 4) is 0 Å². The highest BCUT2D eigenvalue weighted by molar-refractivity contribution is 5.84. The highest BCUT2D eigenvalue weighted by Gasteiger charge is 2.33. The summed E-state index contributed by atoms with van der Waals surface area (Å²) in [5.41, 5.74) is 5.52. The summed E-state index contributed by atoms with van der Waals surface area (Å²) in [5, 5.41) is 4.05. The van der Waals surface area contributed by atoms with Crippen molar-refractivity contribution in [2.45, 2.75) is 44.7 Å². The molecule has 0 aliphatic heterocycles. The first-order chi connectivity index (χ1) is 9.76. The first-order valence-electron chi connectivity index (χ1n) is 7.07. The minimum absolute atomic E-state index is 0.218. The van der Waals surface area contributed by atoms with Crippen LogP contribution in [0.2, 0.25) is 0 Å². The summed E-state index contributed by atoms with van der Waals surface area (Å²) < 4.78 is 35.7. The predicted molar refractivity (Wildman–Crippen MR) is 71.3 cm³/mol. The summed E-state index contributed by atoms with van der Waals surface area (Å²) in [6.07, 6.45) is 0.687. The molecule has 122 valence electrons. The van der Waals surface area contributed by atoms with Gasteiger partial charge in [0.1, 0.15) is 6.54 Å². The Kier molecular flexibility index (Phi) is 6.44. The van der Waals surface area contributed by atoms with Crippen molar-refractivity contribution in [1.82, 2.24) is 10.6 Å². The fourth-order valence-electron chi connectivity index (χ4n) is 2.60. The van der Waals surface area contributed by atoms with Crippen LogP contribution in [0.4, 0.5) is 13.2 Å². The molecule has 0 spiro atoms. The zero-order valence-corrected chi connectivity index (χ0v) is 11.9. The Balaban J connectivity index is 2.31. The largest absolute Gasteiger partial charge is 0.405 e. The zero-order valence-electron chi connectivity index (χ0n) is 11.9. The fourth-order valence-corrected chi connectivity index (χ4v) is 2.60. The van der Waals surface area contributed by atoms with Gasteiger partial charge in [0.25, 0.3) is 0 Å². The molecule has 0 bridgehead atoms.